The average molecular weight is 427 g/mol. The predicted molar refractivity (Wildman–Crippen MR) is 140 cm³/mol. The molecule has 2 aromatic rings. The van der Waals surface area contributed by atoms with Crippen molar-refractivity contribution in [1.82, 2.24) is 0 Å². The van der Waals surface area contributed by atoms with Crippen LogP contribution in [0.2, 0.25) is 0 Å². The Bertz CT molecular complexity index is 890. The van der Waals surface area contributed by atoms with Crippen molar-refractivity contribution < 1.29 is 0 Å². The lowest BCUT2D eigenvalue weighted by Gasteiger charge is -2.28. The maximum absolute atomic E-state index is 2.47. The van der Waals surface area contributed by atoms with Crippen LogP contribution < -0.4 is 0 Å². The lowest BCUT2D eigenvalue weighted by atomic mass is 9.77. The molecule has 0 amide bonds. The fourth-order valence-electron chi connectivity index (χ4n) is 5.99. The molecule has 0 nitrogen and oxygen atoms in total. The minimum absolute atomic E-state index is 0.769. The van der Waals surface area contributed by atoms with Gasteiger partial charge < -0.3 is 0 Å². The molecule has 1 unspecified atom stereocenters. The maximum Gasteiger partial charge on any atom is -0.0162 e. The van der Waals surface area contributed by atoms with Gasteiger partial charge in [0.15, 0.2) is 0 Å². The Labute approximate surface area is 196 Å². The van der Waals surface area contributed by atoms with Gasteiger partial charge in [0.05, 0.1) is 0 Å². The summed E-state index contributed by atoms with van der Waals surface area (Å²) in [7, 11) is 0. The highest BCUT2D eigenvalue weighted by Gasteiger charge is 2.22. The monoisotopic (exact) mass is 426 g/mol. The average Bonchev–Trinajstić information content (AvgIpc) is 2.85. The predicted octanol–water partition coefficient (Wildman–Crippen LogP) is 9.44. The molecule has 32 heavy (non-hydrogen) atoms. The van der Waals surface area contributed by atoms with E-state index in [1.54, 1.807) is 16.7 Å². The summed E-state index contributed by atoms with van der Waals surface area (Å²) in [6, 6.07) is 16.8. The van der Waals surface area contributed by atoms with Crippen LogP contribution in [0.3, 0.4) is 0 Å². The molecule has 0 bridgehead atoms. The maximum atomic E-state index is 2.47. The third kappa shape index (κ3) is 6.03. The van der Waals surface area contributed by atoms with Gasteiger partial charge in [-0.3, -0.25) is 0 Å². The van der Waals surface area contributed by atoms with Crippen LogP contribution in [0.4, 0.5) is 0 Å². The number of hydrogen-bond acceptors (Lipinski definition) is 0. The van der Waals surface area contributed by atoms with Gasteiger partial charge in [-0.1, -0.05) is 66.8 Å². The number of hydrogen-bond donors (Lipinski definition) is 0. The summed E-state index contributed by atoms with van der Waals surface area (Å²) in [6.45, 7) is 4.26. The molecule has 1 saturated carbocycles. The van der Waals surface area contributed by atoms with E-state index in [2.05, 4.69) is 80.6 Å². The Morgan fingerprint density at radius 2 is 1.34 bits per heavy atom. The van der Waals surface area contributed by atoms with Crippen molar-refractivity contribution in [2.75, 3.05) is 0 Å². The van der Waals surface area contributed by atoms with Crippen LogP contribution in [-0.2, 0) is 12.8 Å². The first-order valence-electron chi connectivity index (χ1n) is 13.2. The van der Waals surface area contributed by atoms with Gasteiger partial charge in [-0.2, -0.15) is 0 Å². The summed E-state index contributed by atoms with van der Waals surface area (Å²) < 4.78 is 0. The molecule has 2 aromatic carbocycles. The molecule has 0 heteroatoms. The molecule has 0 radical (unpaired) electrons. The summed E-state index contributed by atoms with van der Waals surface area (Å²) in [5.74, 6) is 2.58. The quantitative estimate of drug-likeness (QED) is 0.369. The molecule has 0 aliphatic heterocycles. The van der Waals surface area contributed by atoms with E-state index in [1.807, 2.05) is 0 Å². The zero-order valence-corrected chi connectivity index (χ0v) is 20.4. The zero-order chi connectivity index (χ0) is 22.2. The molecule has 0 aromatic heterocycles. The third-order valence-electron chi connectivity index (χ3n) is 8.05. The van der Waals surface area contributed by atoms with Gasteiger partial charge in [0, 0.05) is 0 Å². The largest absolute Gasteiger partial charge is 0.0917 e. The van der Waals surface area contributed by atoms with E-state index in [-0.39, 0.29) is 0 Å². The second kappa shape index (κ2) is 11.7. The number of fused-ring (bicyclic) bond motifs is 1. The minimum atomic E-state index is 0.769. The van der Waals surface area contributed by atoms with Gasteiger partial charge >= 0.3 is 0 Å². The lowest BCUT2D eigenvalue weighted by molar-refractivity contribution is 0.312. The van der Waals surface area contributed by atoms with E-state index in [1.165, 1.54) is 81.8 Å². The van der Waals surface area contributed by atoms with E-state index in [0.717, 1.165) is 17.8 Å². The second-order valence-electron chi connectivity index (χ2n) is 10.2. The van der Waals surface area contributed by atoms with E-state index >= 15 is 0 Å². The van der Waals surface area contributed by atoms with Gasteiger partial charge in [-0.15, -0.1) is 0 Å². The van der Waals surface area contributed by atoms with Crippen molar-refractivity contribution in [2.45, 2.75) is 90.4 Å². The van der Waals surface area contributed by atoms with Crippen molar-refractivity contribution in [3.8, 4) is 11.1 Å². The van der Waals surface area contributed by atoms with Gasteiger partial charge in [-0.25, -0.2) is 0 Å². The third-order valence-corrected chi connectivity index (χ3v) is 8.05. The number of allylic oxidation sites excluding steroid dienone is 4. The van der Waals surface area contributed by atoms with E-state index in [0.29, 0.717) is 0 Å². The Kier molecular flexibility index (Phi) is 8.43. The normalized spacial score (nSPS) is 23.6. The molecule has 1 atom stereocenters. The van der Waals surface area contributed by atoms with Crippen molar-refractivity contribution in [3.05, 3.63) is 83.5 Å². The van der Waals surface area contributed by atoms with Crippen LogP contribution in [0.15, 0.2) is 66.8 Å². The smallest absolute Gasteiger partial charge is 0.0162 e. The Balaban J connectivity index is 1.34. The Hall–Kier alpha value is -2.08. The highest BCUT2D eigenvalue weighted by atomic mass is 14.3. The summed E-state index contributed by atoms with van der Waals surface area (Å²) in [6.07, 6.45) is 23.7. The van der Waals surface area contributed by atoms with Crippen molar-refractivity contribution in [2.24, 2.45) is 11.8 Å². The molecule has 0 heterocycles. The first-order chi connectivity index (χ1) is 15.8. The Morgan fingerprint density at radius 1 is 0.688 bits per heavy atom. The standard InChI is InChI=1S/C32H42/c1-3-5-7-9-25-11-14-27(15-12-25)28-17-19-29(20-18-28)31-22-21-30-23-26(10-8-6-4-2)13-16-32(30)24-31/h3-6,17-22,24-27H,7-16,23H2,1-2H3/b5-3+,6-4+. The fourth-order valence-corrected chi connectivity index (χ4v) is 5.99. The topological polar surface area (TPSA) is 0 Å². The van der Waals surface area contributed by atoms with Gasteiger partial charge in [0.25, 0.3) is 0 Å². The van der Waals surface area contributed by atoms with Gasteiger partial charge in [-0.05, 0) is 130 Å². The van der Waals surface area contributed by atoms with Crippen molar-refractivity contribution >= 4 is 0 Å². The number of rotatable bonds is 8. The number of benzene rings is 2. The van der Waals surface area contributed by atoms with Crippen LogP contribution in [0, 0.1) is 11.8 Å². The summed E-state index contributed by atoms with van der Waals surface area (Å²) in [4.78, 5) is 0. The minimum Gasteiger partial charge on any atom is -0.0917 e. The van der Waals surface area contributed by atoms with Crippen LogP contribution >= 0.6 is 0 Å². The van der Waals surface area contributed by atoms with E-state index in [9.17, 15) is 0 Å². The molecule has 4 rings (SSSR count). The molecule has 0 saturated heterocycles. The summed E-state index contributed by atoms with van der Waals surface area (Å²) in [5.41, 5.74) is 7.52. The first-order valence-corrected chi connectivity index (χ1v) is 13.2. The molecule has 2 aliphatic rings. The van der Waals surface area contributed by atoms with E-state index in [4.69, 9.17) is 0 Å². The van der Waals surface area contributed by atoms with Crippen LogP contribution in [0.25, 0.3) is 11.1 Å². The van der Waals surface area contributed by atoms with E-state index < -0.39 is 0 Å². The highest BCUT2D eigenvalue weighted by Crippen LogP contribution is 2.38. The second-order valence-corrected chi connectivity index (χ2v) is 10.2. The SMILES string of the molecule is C/C=C/CCC1CCC(c2ccc(-c3ccc4c(c3)CCC(CC/C=C/C)C4)cc2)CC1. The fraction of sp³-hybridized carbons (Fsp3) is 0.500. The van der Waals surface area contributed by atoms with Crippen molar-refractivity contribution in [3.63, 3.8) is 0 Å². The molecular weight excluding hydrogens is 384 g/mol. The first kappa shape index (κ1) is 23.1. The van der Waals surface area contributed by atoms with Gasteiger partial charge in [0.2, 0.25) is 0 Å². The molecule has 0 spiro atoms. The van der Waals surface area contributed by atoms with Crippen molar-refractivity contribution in [1.29, 1.82) is 0 Å². The zero-order valence-electron chi connectivity index (χ0n) is 20.4. The number of aryl methyl sites for hydroxylation is 1. The summed E-state index contributed by atoms with van der Waals surface area (Å²) >= 11 is 0. The molecule has 0 N–H and O–H groups in total. The molecule has 2 aliphatic carbocycles. The highest BCUT2D eigenvalue weighted by molar-refractivity contribution is 5.65. The summed E-state index contributed by atoms with van der Waals surface area (Å²) in [5, 5.41) is 0. The molecule has 170 valence electrons. The Morgan fingerprint density at radius 3 is 2.03 bits per heavy atom. The van der Waals surface area contributed by atoms with Crippen LogP contribution in [-0.4, -0.2) is 0 Å². The molecule has 1 fully saturated rings. The van der Waals surface area contributed by atoms with Gasteiger partial charge in [0.1, 0.15) is 0 Å². The van der Waals surface area contributed by atoms with Crippen LogP contribution in [0.5, 0.6) is 0 Å². The molecular formula is C32H42. The lowest BCUT2D eigenvalue weighted by Crippen LogP contribution is -2.14. The van der Waals surface area contributed by atoms with Crippen LogP contribution in [0.1, 0.15) is 94.2 Å².